The maximum absolute atomic E-state index is 8.96. The molecule has 0 rings (SSSR count). The monoisotopic (exact) mass is 204 g/mol. The van der Waals surface area contributed by atoms with Crippen LogP contribution in [0, 0.1) is 0 Å². The quantitative estimate of drug-likeness (QED) is 0.549. The van der Waals surface area contributed by atoms with Crippen LogP contribution in [0.2, 0.25) is 0 Å². The summed E-state index contributed by atoms with van der Waals surface area (Å²) >= 11 is 0. The molecule has 0 aliphatic rings. The van der Waals surface area contributed by atoms with Crippen LogP contribution in [-0.4, -0.2) is 56.0 Å². The molecule has 86 valence electrons. The summed E-state index contributed by atoms with van der Waals surface area (Å²) in [6, 6.07) is 0. The van der Waals surface area contributed by atoms with Gasteiger partial charge in [-0.05, 0) is 33.4 Å². The first-order valence-corrected chi connectivity index (χ1v) is 5.09. The second-order valence-electron chi connectivity index (χ2n) is 4.21. The third kappa shape index (κ3) is 7.26. The van der Waals surface area contributed by atoms with Gasteiger partial charge in [0.1, 0.15) is 0 Å². The van der Waals surface area contributed by atoms with Crippen LogP contribution in [0.3, 0.4) is 0 Å². The van der Waals surface area contributed by atoms with Crippen LogP contribution >= 0.6 is 0 Å². The predicted molar refractivity (Wildman–Crippen MR) is 58.3 cm³/mol. The van der Waals surface area contributed by atoms with Crippen LogP contribution in [0.1, 0.15) is 19.8 Å². The second kappa shape index (κ2) is 7.17. The molecule has 0 aliphatic heterocycles. The van der Waals surface area contributed by atoms with Gasteiger partial charge in [0.15, 0.2) is 0 Å². The molecular formula is C10H24N2O2. The first kappa shape index (κ1) is 13.8. The molecule has 1 atom stereocenters. The number of ether oxygens (including phenoxy) is 1. The number of rotatable bonds is 8. The predicted octanol–water partition coefficient (Wildman–Crippen LogP) is 0.0545. The fourth-order valence-corrected chi connectivity index (χ4v) is 1.12. The van der Waals surface area contributed by atoms with Gasteiger partial charge >= 0.3 is 0 Å². The van der Waals surface area contributed by atoms with E-state index in [1.165, 1.54) is 0 Å². The van der Waals surface area contributed by atoms with Crippen LogP contribution in [0.5, 0.6) is 0 Å². The summed E-state index contributed by atoms with van der Waals surface area (Å²) in [6.07, 6.45) is 1.85. The van der Waals surface area contributed by atoms with E-state index in [-0.39, 0.29) is 6.61 Å². The Morgan fingerprint density at radius 1 is 1.43 bits per heavy atom. The number of nitrogens with two attached hydrogens (primary N) is 1. The largest absolute Gasteiger partial charge is 0.394 e. The number of aliphatic hydroxyl groups is 1. The molecular weight excluding hydrogens is 180 g/mol. The summed E-state index contributed by atoms with van der Waals surface area (Å²) < 4.78 is 4.97. The van der Waals surface area contributed by atoms with Crippen LogP contribution in [0.25, 0.3) is 0 Å². The Morgan fingerprint density at radius 2 is 2.07 bits per heavy atom. The van der Waals surface area contributed by atoms with Crippen molar-refractivity contribution in [3.05, 3.63) is 0 Å². The van der Waals surface area contributed by atoms with Crippen molar-refractivity contribution in [2.24, 2.45) is 5.73 Å². The standard InChI is InChI=1S/C10H24N2O2/c1-10(11,9-13)5-7-12(2)6-4-8-14-3/h13H,4-9,11H2,1-3H3. The molecule has 0 saturated carbocycles. The maximum Gasteiger partial charge on any atom is 0.0608 e. The SMILES string of the molecule is COCCCN(C)CCC(C)(N)CO. The van der Waals surface area contributed by atoms with Crippen molar-refractivity contribution >= 4 is 0 Å². The molecule has 4 heteroatoms. The second-order valence-corrected chi connectivity index (χ2v) is 4.21. The number of hydrogen-bond acceptors (Lipinski definition) is 4. The van der Waals surface area contributed by atoms with Crippen LogP contribution < -0.4 is 5.73 Å². The Kier molecular flexibility index (Phi) is 7.09. The van der Waals surface area contributed by atoms with E-state index in [2.05, 4.69) is 11.9 Å². The van der Waals surface area contributed by atoms with Crippen molar-refractivity contribution in [3.63, 3.8) is 0 Å². The van der Waals surface area contributed by atoms with Gasteiger partial charge in [-0.1, -0.05) is 0 Å². The van der Waals surface area contributed by atoms with E-state index in [0.717, 1.165) is 32.5 Å². The lowest BCUT2D eigenvalue weighted by atomic mass is 10.0. The van der Waals surface area contributed by atoms with E-state index in [1.54, 1.807) is 7.11 Å². The lowest BCUT2D eigenvalue weighted by Crippen LogP contribution is -2.43. The van der Waals surface area contributed by atoms with Gasteiger partial charge in [0.05, 0.1) is 6.61 Å². The summed E-state index contributed by atoms with van der Waals surface area (Å²) in [5, 5.41) is 8.96. The molecule has 0 amide bonds. The zero-order valence-electron chi connectivity index (χ0n) is 9.62. The highest BCUT2D eigenvalue weighted by atomic mass is 16.5. The van der Waals surface area contributed by atoms with Crippen molar-refractivity contribution < 1.29 is 9.84 Å². The lowest BCUT2D eigenvalue weighted by Gasteiger charge is -2.25. The normalized spacial score (nSPS) is 15.9. The van der Waals surface area contributed by atoms with Gasteiger partial charge in [0, 0.05) is 25.8 Å². The Balaban J connectivity index is 3.48. The highest BCUT2D eigenvalue weighted by molar-refractivity contribution is 4.78. The molecule has 0 aromatic carbocycles. The molecule has 3 N–H and O–H groups in total. The van der Waals surface area contributed by atoms with Crippen molar-refractivity contribution in [1.29, 1.82) is 0 Å². The topological polar surface area (TPSA) is 58.7 Å². The van der Waals surface area contributed by atoms with Gasteiger partial charge in [-0.2, -0.15) is 0 Å². The molecule has 0 fully saturated rings. The van der Waals surface area contributed by atoms with Crippen LogP contribution in [0.15, 0.2) is 0 Å². The van der Waals surface area contributed by atoms with Gasteiger partial charge in [-0.3, -0.25) is 0 Å². The fourth-order valence-electron chi connectivity index (χ4n) is 1.12. The number of methoxy groups -OCH3 is 1. The van der Waals surface area contributed by atoms with E-state index >= 15 is 0 Å². The van der Waals surface area contributed by atoms with E-state index in [4.69, 9.17) is 15.6 Å². The smallest absolute Gasteiger partial charge is 0.0608 e. The van der Waals surface area contributed by atoms with Gasteiger partial charge < -0.3 is 20.5 Å². The minimum Gasteiger partial charge on any atom is -0.394 e. The van der Waals surface area contributed by atoms with Crippen molar-refractivity contribution in [3.8, 4) is 0 Å². The average molecular weight is 204 g/mol. The minimum atomic E-state index is -0.449. The van der Waals surface area contributed by atoms with Crippen molar-refractivity contribution in [2.75, 3.05) is 40.5 Å². The molecule has 4 nitrogen and oxygen atoms in total. The third-order valence-electron chi connectivity index (χ3n) is 2.31. The average Bonchev–Trinajstić information content (AvgIpc) is 2.16. The fraction of sp³-hybridized carbons (Fsp3) is 1.00. The van der Waals surface area contributed by atoms with E-state index in [9.17, 15) is 0 Å². The number of hydrogen-bond donors (Lipinski definition) is 2. The maximum atomic E-state index is 8.96. The molecule has 0 bridgehead atoms. The third-order valence-corrected chi connectivity index (χ3v) is 2.31. The highest BCUT2D eigenvalue weighted by Gasteiger charge is 2.16. The molecule has 1 unspecified atom stereocenters. The molecule has 0 heterocycles. The summed E-state index contributed by atoms with van der Waals surface area (Å²) in [5.74, 6) is 0. The van der Waals surface area contributed by atoms with E-state index < -0.39 is 5.54 Å². The Bertz CT molecular complexity index is 140. The summed E-state index contributed by atoms with van der Waals surface area (Å²) in [6.45, 7) is 4.63. The van der Waals surface area contributed by atoms with Gasteiger partial charge in [0.2, 0.25) is 0 Å². The summed E-state index contributed by atoms with van der Waals surface area (Å²) in [7, 11) is 3.77. The first-order chi connectivity index (χ1) is 6.52. The molecule has 0 aromatic rings. The van der Waals surface area contributed by atoms with Gasteiger partial charge in [0.25, 0.3) is 0 Å². The Hall–Kier alpha value is -0.160. The Morgan fingerprint density at radius 3 is 2.57 bits per heavy atom. The van der Waals surface area contributed by atoms with Crippen LogP contribution in [-0.2, 0) is 4.74 Å². The number of aliphatic hydroxyl groups excluding tert-OH is 1. The van der Waals surface area contributed by atoms with Crippen molar-refractivity contribution in [2.45, 2.75) is 25.3 Å². The van der Waals surface area contributed by atoms with E-state index in [1.807, 2.05) is 6.92 Å². The van der Waals surface area contributed by atoms with Gasteiger partial charge in [-0.15, -0.1) is 0 Å². The summed E-state index contributed by atoms with van der Waals surface area (Å²) in [4.78, 5) is 2.21. The lowest BCUT2D eigenvalue weighted by molar-refractivity contribution is 0.164. The molecule has 14 heavy (non-hydrogen) atoms. The first-order valence-electron chi connectivity index (χ1n) is 5.09. The molecule has 0 aromatic heterocycles. The molecule has 0 aliphatic carbocycles. The van der Waals surface area contributed by atoms with Gasteiger partial charge in [-0.25, -0.2) is 0 Å². The zero-order chi connectivity index (χ0) is 11.0. The molecule has 0 radical (unpaired) electrons. The summed E-state index contributed by atoms with van der Waals surface area (Å²) in [5.41, 5.74) is 5.37. The van der Waals surface area contributed by atoms with Crippen molar-refractivity contribution in [1.82, 2.24) is 4.90 Å². The van der Waals surface area contributed by atoms with E-state index in [0.29, 0.717) is 0 Å². The molecule has 0 spiro atoms. The highest BCUT2D eigenvalue weighted by Crippen LogP contribution is 2.05. The number of nitrogens with zero attached hydrogens (tertiary/aromatic N) is 1. The molecule has 0 saturated heterocycles. The minimum absolute atomic E-state index is 0.0406. The van der Waals surface area contributed by atoms with Crippen LogP contribution in [0.4, 0.5) is 0 Å². The zero-order valence-corrected chi connectivity index (χ0v) is 9.62. The Labute approximate surface area is 87.0 Å².